The third-order valence-corrected chi connectivity index (χ3v) is 3.47. The van der Waals surface area contributed by atoms with Crippen LogP contribution in [0.25, 0.3) is 0 Å². The fraction of sp³-hybridized carbons (Fsp3) is 0.571. The van der Waals surface area contributed by atoms with E-state index in [-0.39, 0.29) is 5.54 Å². The van der Waals surface area contributed by atoms with Gasteiger partial charge in [0.1, 0.15) is 0 Å². The van der Waals surface area contributed by atoms with Gasteiger partial charge in [-0.2, -0.15) is 0 Å². The predicted molar refractivity (Wildman–Crippen MR) is 65.0 cm³/mol. The van der Waals surface area contributed by atoms with Crippen molar-refractivity contribution in [3.05, 3.63) is 34.9 Å². The Morgan fingerprint density at radius 3 is 2.47 bits per heavy atom. The summed E-state index contributed by atoms with van der Waals surface area (Å²) in [6, 6.07) is 6.83. The minimum absolute atomic E-state index is 0.00475. The summed E-state index contributed by atoms with van der Waals surface area (Å²) >= 11 is 0. The molecule has 1 saturated carbocycles. The molecule has 15 heavy (non-hydrogen) atoms. The number of nitrogens with two attached hydrogens (primary N) is 1. The molecule has 2 N–H and O–H groups in total. The van der Waals surface area contributed by atoms with Crippen molar-refractivity contribution in [1.29, 1.82) is 0 Å². The lowest BCUT2D eigenvalue weighted by Gasteiger charge is -2.19. The average molecular weight is 203 g/mol. The molecule has 0 unspecified atom stereocenters. The number of hydrogen-bond donors (Lipinski definition) is 1. The maximum atomic E-state index is 6.33. The third kappa shape index (κ3) is 1.93. The van der Waals surface area contributed by atoms with Crippen LogP contribution < -0.4 is 5.73 Å². The van der Waals surface area contributed by atoms with E-state index in [1.165, 1.54) is 16.7 Å². The summed E-state index contributed by atoms with van der Waals surface area (Å²) in [7, 11) is 0. The van der Waals surface area contributed by atoms with Gasteiger partial charge in [0, 0.05) is 5.54 Å². The molecule has 1 aliphatic carbocycles. The number of benzene rings is 1. The Bertz CT molecular complexity index is 362. The molecule has 1 fully saturated rings. The molecule has 0 amide bonds. The van der Waals surface area contributed by atoms with E-state index in [0.717, 1.165) is 19.3 Å². The Morgan fingerprint density at radius 2 is 2.00 bits per heavy atom. The molecule has 1 aliphatic rings. The Hall–Kier alpha value is -0.820. The van der Waals surface area contributed by atoms with Crippen LogP contribution in [0.2, 0.25) is 0 Å². The summed E-state index contributed by atoms with van der Waals surface area (Å²) < 4.78 is 0. The Morgan fingerprint density at radius 1 is 1.33 bits per heavy atom. The minimum atomic E-state index is 0.00475. The van der Waals surface area contributed by atoms with Gasteiger partial charge in [-0.05, 0) is 41.9 Å². The van der Waals surface area contributed by atoms with Crippen LogP contribution in [0, 0.1) is 0 Å². The molecule has 0 radical (unpaired) electrons. The van der Waals surface area contributed by atoms with Gasteiger partial charge in [0.2, 0.25) is 0 Å². The molecule has 1 heteroatoms. The molecular weight excluding hydrogens is 182 g/mol. The molecular formula is C14H21N. The zero-order valence-electron chi connectivity index (χ0n) is 10.0. The van der Waals surface area contributed by atoms with E-state index in [0.29, 0.717) is 5.92 Å². The van der Waals surface area contributed by atoms with Gasteiger partial charge in [0.05, 0.1) is 0 Å². The van der Waals surface area contributed by atoms with Gasteiger partial charge >= 0.3 is 0 Å². The first-order valence-electron chi connectivity index (χ1n) is 5.99. The van der Waals surface area contributed by atoms with Gasteiger partial charge in [-0.1, -0.05) is 39.0 Å². The highest BCUT2D eigenvalue weighted by molar-refractivity contribution is 5.41. The first-order valence-corrected chi connectivity index (χ1v) is 5.99. The molecule has 2 rings (SSSR count). The maximum absolute atomic E-state index is 6.33. The summed E-state index contributed by atoms with van der Waals surface area (Å²) in [6.45, 7) is 6.69. The lowest BCUT2D eigenvalue weighted by molar-refractivity contribution is 0.705. The smallest absolute Gasteiger partial charge is 0.0414 e. The topological polar surface area (TPSA) is 26.0 Å². The summed E-state index contributed by atoms with van der Waals surface area (Å²) in [5.41, 5.74) is 10.6. The highest BCUT2D eigenvalue weighted by Crippen LogP contribution is 2.45. The van der Waals surface area contributed by atoms with Crippen LogP contribution in [-0.4, -0.2) is 0 Å². The van der Waals surface area contributed by atoms with Crippen LogP contribution in [0.5, 0.6) is 0 Å². The van der Waals surface area contributed by atoms with Crippen molar-refractivity contribution in [1.82, 2.24) is 0 Å². The first kappa shape index (κ1) is 10.7. The fourth-order valence-electron chi connectivity index (χ4n) is 2.16. The highest BCUT2D eigenvalue weighted by atomic mass is 14.8. The van der Waals surface area contributed by atoms with Gasteiger partial charge in [0.25, 0.3) is 0 Å². The van der Waals surface area contributed by atoms with Gasteiger partial charge < -0.3 is 5.73 Å². The molecule has 1 aromatic carbocycles. The van der Waals surface area contributed by atoms with Gasteiger partial charge in [-0.3, -0.25) is 0 Å². The molecule has 1 aromatic rings. The molecule has 0 spiro atoms. The third-order valence-electron chi connectivity index (χ3n) is 3.47. The van der Waals surface area contributed by atoms with E-state index in [9.17, 15) is 0 Å². The van der Waals surface area contributed by atoms with Gasteiger partial charge in [-0.25, -0.2) is 0 Å². The summed E-state index contributed by atoms with van der Waals surface area (Å²) in [4.78, 5) is 0. The Balaban J connectivity index is 2.46. The molecule has 82 valence electrons. The second-order valence-corrected chi connectivity index (χ2v) is 5.09. The quantitative estimate of drug-likeness (QED) is 0.801. The minimum Gasteiger partial charge on any atom is -0.321 e. The van der Waals surface area contributed by atoms with Crippen molar-refractivity contribution in [3.63, 3.8) is 0 Å². The molecule has 0 bridgehead atoms. The van der Waals surface area contributed by atoms with E-state index in [1.807, 2.05) is 0 Å². The zero-order valence-corrected chi connectivity index (χ0v) is 10.0. The van der Waals surface area contributed by atoms with Crippen molar-refractivity contribution in [2.45, 2.75) is 51.5 Å². The zero-order chi connectivity index (χ0) is 11.1. The molecule has 0 atom stereocenters. The van der Waals surface area contributed by atoms with Crippen molar-refractivity contribution < 1.29 is 0 Å². The monoisotopic (exact) mass is 203 g/mol. The predicted octanol–water partition coefficient (Wildman–Crippen LogP) is 3.32. The van der Waals surface area contributed by atoms with E-state index in [4.69, 9.17) is 5.73 Å². The molecule has 1 nitrogen and oxygen atoms in total. The second kappa shape index (κ2) is 3.64. The average Bonchev–Trinajstić information content (AvgIpc) is 2.97. The number of aryl methyl sites for hydroxylation is 1. The van der Waals surface area contributed by atoms with Crippen LogP contribution in [0.3, 0.4) is 0 Å². The van der Waals surface area contributed by atoms with Crippen LogP contribution in [0.1, 0.15) is 56.2 Å². The molecule has 0 aliphatic heterocycles. The van der Waals surface area contributed by atoms with Crippen LogP contribution >= 0.6 is 0 Å². The largest absolute Gasteiger partial charge is 0.321 e. The number of hydrogen-bond acceptors (Lipinski definition) is 1. The first-order chi connectivity index (χ1) is 7.07. The van der Waals surface area contributed by atoms with Crippen LogP contribution in [-0.2, 0) is 12.0 Å². The normalized spacial score (nSPS) is 18.2. The SMILES string of the molecule is CCc1ccc(C(C)C)c(C2(N)CC2)c1. The van der Waals surface area contributed by atoms with Gasteiger partial charge in [0.15, 0.2) is 0 Å². The summed E-state index contributed by atoms with van der Waals surface area (Å²) in [5, 5.41) is 0. The molecule has 0 heterocycles. The van der Waals surface area contributed by atoms with E-state index < -0.39 is 0 Å². The standard InChI is InChI=1S/C14H21N/c1-4-11-5-6-12(10(2)3)13(9-11)14(15)7-8-14/h5-6,9-10H,4,7-8,15H2,1-3H3. The van der Waals surface area contributed by atoms with Crippen molar-refractivity contribution in [2.75, 3.05) is 0 Å². The van der Waals surface area contributed by atoms with Crippen LogP contribution in [0.15, 0.2) is 18.2 Å². The lowest BCUT2D eigenvalue weighted by Crippen LogP contribution is -2.21. The van der Waals surface area contributed by atoms with Crippen molar-refractivity contribution >= 4 is 0 Å². The Kier molecular flexibility index (Phi) is 2.59. The lowest BCUT2D eigenvalue weighted by atomic mass is 9.89. The van der Waals surface area contributed by atoms with Crippen molar-refractivity contribution in [3.8, 4) is 0 Å². The Labute approximate surface area is 92.7 Å². The maximum Gasteiger partial charge on any atom is 0.0414 e. The number of rotatable bonds is 3. The van der Waals surface area contributed by atoms with Gasteiger partial charge in [-0.15, -0.1) is 0 Å². The summed E-state index contributed by atoms with van der Waals surface area (Å²) in [5.74, 6) is 0.576. The van der Waals surface area contributed by atoms with E-state index in [1.54, 1.807) is 0 Å². The highest BCUT2D eigenvalue weighted by Gasteiger charge is 2.41. The molecule has 0 aromatic heterocycles. The summed E-state index contributed by atoms with van der Waals surface area (Å²) in [6.07, 6.45) is 3.40. The molecule has 0 saturated heterocycles. The van der Waals surface area contributed by atoms with Crippen LogP contribution in [0.4, 0.5) is 0 Å². The van der Waals surface area contributed by atoms with E-state index >= 15 is 0 Å². The van der Waals surface area contributed by atoms with E-state index in [2.05, 4.69) is 39.0 Å². The fourth-order valence-corrected chi connectivity index (χ4v) is 2.16. The second-order valence-electron chi connectivity index (χ2n) is 5.09. The van der Waals surface area contributed by atoms with Crippen molar-refractivity contribution in [2.24, 2.45) is 5.73 Å².